The van der Waals surface area contributed by atoms with Crippen molar-refractivity contribution in [1.29, 1.82) is 0 Å². The van der Waals surface area contributed by atoms with E-state index in [1.54, 1.807) is 0 Å². The summed E-state index contributed by atoms with van der Waals surface area (Å²) < 4.78 is 0. The number of thioether (sulfide) groups is 1. The van der Waals surface area contributed by atoms with Crippen molar-refractivity contribution >= 4 is 17.6 Å². The first-order valence-corrected chi connectivity index (χ1v) is 6.89. The van der Waals surface area contributed by atoms with Crippen LogP contribution in [0.1, 0.15) is 38.1 Å². The lowest BCUT2D eigenvalue weighted by atomic mass is 10.3. The molecule has 16 heavy (non-hydrogen) atoms. The van der Waals surface area contributed by atoms with Crippen LogP contribution in [0, 0.1) is 6.92 Å². The van der Waals surface area contributed by atoms with E-state index in [1.807, 2.05) is 18.8 Å². The summed E-state index contributed by atoms with van der Waals surface area (Å²) in [6.07, 6.45) is 3.21. The summed E-state index contributed by atoms with van der Waals surface area (Å²) in [5.74, 6) is 3.04. The number of hydrogen-bond donors (Lipinski definition) is 1. The number of nitrogens with zero attached hydrogens (tertiary/aromatic N) is 2. The first kappa shape index (κ1) is 13.3. The summed E-state index contributed by atoms with van der Waals surface area (Å²) in [6.45, 7) is 6.43. The van der Waals surface area contributed by atoms with Crippen LogP contribution in [0.4, 0.5) is 5.82 Å². The molecule has 1 N–H and O–H groups in total. The maximum Gasteiger partial charge on any atom is 0.133 e. The Hall–Kier alpha value is -0.770. The van der Waals surface area contributed by atoms with Gasteiger partial charge in [-0.05, 0) is 25.5 Å². The number of hydrogen-bond acceptors (Lipinski definition) is 4. The summed E-state index contributed by atoms with van der Waals surface area (Å²) in [4.78, 5) is 9.13. The van der Waals surface area contributed by atoms with Gasteiger partial charge in [-0.15, -0.1) is 11.8 Å². The molecule has 0 unspecified atom stereocenters. The zero-order valence-corrected chi connectivity index (χ0v) is 11.4. The molecule has 0 spiro atoms. The molecule has 0 radical (unpaired) electrons. The molecule has 4 heteroatoms. The van der Waals surface area contributed by atoms with E-state index in [2.05, 4.69) is 36.1 Å². The maximum atomic E-state index is 4.62. The second-order valence-electron chi connectivity index (χ2n) is 3.77. The fourth-order valence-electron chi connectivity index (χ4n) is 1.46. The van der Waals surface area contributed by atoms with E-state index < -0.39 is 0 Å². The van der Waals surface area contributed by atoms with Gasteiger partial charge in [-0.1, -0.05) is 13.8 Å². The summed E-state index contributed by atoms with van der Waals surface area (Å²) in [7, 11) is 1.92. The van der Waals surface area contributed by atoms with Crippen molar-refractivity contribution in [1.82, 2.24) is 9.97 Å². The first-order chi connectivity index (χ1) is 7.72. The van der Waals surface area contributed by atoms with Gasteiger partial charge in [0.2, 0.25) is 0 Å². The van der Waals surface area contributed by atoms with Crippen LogP contribution in [0.5, 0.6) is 0 Å². The van der Waals surface area contributed by atoms with E-state index in [0.717, 1.165) is 35.3 Å². The number of nitrogens with one attached hydrogen (secondary N) is 1. The molecule has 0 saturated carbocycles. The molecule has 3 nitrogen and oxygen atoms in total. The summed E-state index contributed by atoms with van der Waals surface area (Å²) in [5.41, 5.74) is 1.17. The predicted octanol–water partition coefficient (Wildman–Crippen LogP) is 3.28. The second-order valence-corrected chi connectivity index (χ2v) is 4.85. The zero-order valence-electron chi connectivity index (χ0n) is 10.6. The third kappa shape index (κ3) is 3.37. The van der Waals surface area contributed by atoms with Gasteiger partial charge in [0, 0.05) is 19.0 Å². The van der Waals surface area contributed by atoms with Crippen molar-refractivity contribution in [3.63, 3.8) is 0 Å². The molecule has 90 valence electrons. The molecule has 0 saturated heterocycles. The average Bonchev–Trinajstić information content (AvgIpc) is 2.29. The molecule has 0 amide bonds. The Balaban J connectivity index is 2.98. The predicted molar refractivity (Wildman–Crippen MR) is 71.3 cm³/mol. The molecular weight excluding hydrogens is 218 g/mol. The number of rotatable bonds is 6. The highest BCUT2D eigenvalue weighted by atomic mass is 32.2. The highest BCUT2D eigenvalue weighted by Gasteiger charge is 2.09. The molecular formula is C12H21N3S. The van der Waals surface area contributed by atoms with Crippen molar-refractivity contribution in [3.05, 3.63) is 11.4 Å². The fourth-order valence-corrected chi connectivity index (χ4v) is 2.34. The van der Waals surface area contributed by atoms with Crippen molar-refractivity contribution in [2.45, 2.75) is 45.1 Å². The summed E-state index contributed by atoms with van der Waals surface area (Å²) in [5, 5.41) is 4.28. The number of aryl methyl sites for hydroxylation is 1. The average molecular weight is 239 g/mol. The molecule has 0 bridgehead atoms. The lowest BCUT2D eigenvalue weighted by Crippen LogP contribution is -2.04. The fraction of sp³-hybridized carbons (Fsp3) is 0.667. The third-order valence-corrected chi connectivity index (χ3v) is 3.58. The molecule has 1 rings (SSSR count). The van der Waals surface area contributed by atoms with Crippen LogP contribution in [0.15, 0.2) is 5.03 Å². The quantitative estimate of drug-likeness (QED) is 0.610. The summed E-state index contributed by atoms with van der Waals surface area (Å²) >= 11 is 1.83. The molecule has 0 aromatic carbocycles. The van der Waals surface area contributed by atoms with E-state index in [0.29, 0.717) is 0 Å². The van der Waals surface area contributed by atoms with Gasteiger partial charge in [-0.25, -0.2) is 9.97 Å². The monoisotopic (exact) mass is 239 g/mol. The van der Waals surface area contributed by atoms with Crippen LogP contribution >= 0.6 is 11.8 Å². The highest BCUT2D eigenvalue weighted by Crippen LogP contribution is 2.25. The topological polar surface area (TPSA) is 37.8 Å². The van der Waals surface area contributed by atoms with E-state index in [9.17, 15) is 0 Å². The van der Waals surface area contributed by atoms with Crippen molar-refractivity contribution in [2.75, 3.05) is 18.1 Å². The van der Waals surface area contributed by atoms with E-state index >= 15 is 0 Å². The van der Waals surface area contributed by atoms with Gasteiger partial charge in [0.15, 0.2) is 0 Å². The minimum Gasteiger partial charge on any atom is -0.373 e. The van der Waals surface area contributed by atoms with Gasteiger partial charge >= 0.3 is 0 Å². The maximum absolute atomic E-state index is 4.62. The minimum absolute atomic E-state index is 0.953. The zero-order chi connectivity index (χ0) is 12.0. The lowest BCUT2D eigenvalue weighted by Gasteiger charge is -2.11. The minimum atomic E-state index is 0.953. The smallest absolute Gasteiger partial charge is 0.133 e. The van der Waals surface area contributed by atoms with Crippen LogP contribution in [-0.4, -0.2) is 22.8 Å². The normalized spacial score (nSPS) is 10.5. The van der Waals surface area contributed by atoms with E-state index in [-0.39, 0.29) is 0 Å². The van der Waals surface area contributed by atoms with Crippen molar-refractivity contribution in [2.24, 2.45) is 0 Å². The van der Waals surface area contributed by atoms with Gasteiger partial charge < -0.3 is 5.32 Å². The Morgan fingerprint density at radius 3 is 2.50 bits per heavy atom. The summed E-state index contributed by atoms with van der Waals surface area (Å²) in [6, 6.07) is 0. The first-order valence-electron chi connectivity index (χ1n) is 5.90. The molecule has 0 aliphatic carbocycles. The molecule has 1 aromatic heterocycles. The SMILES string of the molecule is CCCSc1nc(CCC)nc(NC)c1C. The van der Waals surface area contributed by atoms with Crippen LogP contribution in [0.2, 0.25) is 0 Å². The molecule has 1 heterocycles. The standard InChI is InChI=1S/C12H21N3S/c1-5-7-10-14-11(13-4)9(3)12(15-10)16-8-6-2/h5-8H2,1-4H3,(H,13,14,15). The van der Waals surface area contributed by atoms with E-state index in [1.165, 1.54) is 12.0 Å². The van der Waals surface area contributed by atoms with Crippen LogP contribution in [-0.2, 0) is 6.42 Å². The Morgan fingerprint density at radius 1 is 1.19 bits per heavy atom. The van der Waals surface area contributed by atoms with Gasteiger partial charge in [0.1, 0.15) is 16.7 Å². The van der Waals surface area contributed by atoms with Crippen molar-refractivity contribution < 1.29 is 0 Å². The largest absolute Gasteiger partial charge is 0.373 e. The van der Waals surface area contributed by atoms with Crippen LogP contribution in [0.3, 0.4) is 0 Å². The Kier molecular flexibility index (Phi) is 5.60. The van der Waals surface area contributed by atoms with Gasteiger partial charge in [-0.3, -0.25) is 0 Å². The molecule has 0 atom stereocenters. The van der Waals surface area contributed by atoms with Gasteiger partial charge in [0.25, 0.3) is 0 Å². The van der Waals surface area contributed by atoms with Gasteiger partial charge in [0.05, 0.1) is 0 Å². The lowest BCUT2D eigenvalue weighted by molar-refractivity contribution is 0.803. The van der Waals surface area contributed by atoms with Crippen molar-refractivity contribution in [3.8, 4) is 0 Å². The Bertz CT molecular complexity index is 339. The molecule has 1 aromatic rings. The third-order valence-electron chi connectivity index (χ3n) is 2.30. The van der Waals surface area contributed by atoms with Crippen LogP contribution < -0.4 is 5.32 Å². The highest BCUT2D eigenvalue weighted by molar-refractivity contribution is 7.99. The number of aromatic nitrogens is 2. The molecule has 0 aliphatic heterocycles. The number of anilines is 1. The Labute approximate surface area is 102 Å². The van der Waals surface area contributed by atoms with E-state index in [4.69, 9.17) is 0 Å². The Morgan fingerprint density at radius 2 is 1.94 bits per heavy atom. The molecule has 0 aliphatic rings. The second kappa shape index (κ2) is 6.74. The van der Waals surface area contributed by atoms with Crippen LogP contribution in [0.25, 0.3) is 0 Å². The van der Waals surface area contributed by atoms with Gasteiger partial charge in [-0.2, -0.15) is 0 Å². The molecule has 0 fully saturated rings.